The summed E-state index contributed by atoms with van der Waals surface area (Å²) < 4.78 is 21.2. The summed E-state index contributed by atoms with van der Waals surface area (Å²) in [7, 11) is 0. The Labute approximate surface area is 177 Å². The molecule has 0 unspecified atom stereocenters. The molecule has 0 aliphatic heterocycles. The van der Waals surface area contributed by atoms with Crippen molar-refractivity contribution in [3.8, 4) is 22.4 Å². The molecule has 0 bridgehead atoms. The van der Waals surface area contributed by atoms with Crippen LogP contribution >= 0.6 is 11.3 Å². The van der Waals surface area contributed by atoms with E-state index in [1.807, 2.05) is 37.4 Å². The second kappa shape index (κ2) is 8.46. The zero-order chi connectivity index (χ0) is 21.1. The molecule has 30 heavy (non-hydrogen) atoms. The number of anilines is 1. The number of carbonyl (C=O) groups excluding carboxylic acids is 1. The van der Waals surface area contributed by atoms with Crippen LogP contribution in [0.15, 0.2) is 66.0 Å². The summed E-state index contributed by atoms with van der Waals surface area (Å²) in [5, 5.41) is 9.18. The molecule has 0 fully saturated rings. The second-order valence-electron chi connectivity index (χ2n) is 6.76. The highest BCUT2D eigenvalue weighted by atomic mass is 32.1. The lowest BCUT2D eigenvalue weighted by molar-refractivity contribution is 0.102. The first-order valence-electron chi connectivity index (χ1n) is 9.35. The normalized spacial score (nSPS) is 10.9. The Kier molecular flexibility index (Phi) is 5.58. The van der Waals surface area contributed by atoms with Gasteiger partial charge in [-0.25, -0.2) is 9.07 Å². The van der Waals surface area contributed by atoms with Crippen molar-refractivity contribution in [2.24, 2.45) is 0 Å². The molecule has 0 aliphatic rings. The van der Waals surface area contributed by atoms with E-state index in [0.29, 0.717) is 17.2 Å². The summed E-state index contributed by atoms with van der Waals surface area (Å²) in [5.41, 5.74) is 1.19. The van der Waals surface area contributed by atoms with Crippen LogP contribution < -0.4 is 10.1 Å². The van der Waals surface area contributed by atoms with Crippen molar-refractivity contribution in [1.82, 2.24) is 14.8 Å². The Morgan fingerprint density at radius 3 is 2.70 bits per heavy atom. The number of nitrogens with zero attached hydrogens (tertiary/aromatic N) is 3. The lowest BCUT2D eigenvalue weighted by atomic mass is 10.2. The molecule has 1 amide bonds. The van der Waals surface area contributed by atoms with Crippen molar-refractivity contribution in [3.05, 3.63) is 77.4 Å². The molecule has 0 aliphatic carbocycles. The van der Waals surface area contributed by atoms with Crippen LogP contribution in [-0.2, 0) is 0 Å². The lowest BCUT2D eigenvalue weighted by Gasteiger charge is -2.09. The number of benzene rings is 2. The number of ether oxygens (including phenoxy) is 1. The fourth-order valence-corrected chi connectivity index (χ4v) is 3.56. The van der Waals surface area contributed by atoms with Crippen LogP contribution in [-0.4, -0.2) is 26.8 Å². The SMILES string of the molecule is CC(C)Oc1nc(-c2cccs2)n(-c2cccc(NC(=O)c3ccccc3F)c2)n1. The first-order valence-corrected chi connectivity index (χ1v) is 10.2. The van der Waals surface area contributed by atoms with Gasteiger partial charge in [-0.1, -0.05) is 24.3 Å². The van der Waals surface area contributed by atoms with Gasteiger partial charge in [-0.05, 0) is 55.6 Å². The molecular formula is C22H19FN4O2S. The van der Waals surface area contributed by atoms with Gasteiger partial charge in [-0.15, -0.1) is 16.4 Å². The van der Waals surface area contributed by atoms with Gasteiger partial charge in [0, 0.05) is 5.69 Å². The predicted molar refractivity (Wildman–Crippen MR) is 115 cm³/mol. The number of amides is 1. The second-order valence-corrected chi connectivity index (χ2v) is 7.71. The Hall–Kier alpha value is -3.52. The van der Waals surface area contributed by atoms with Crippen molar-refractivity contribution < 1.29 is 13.9 Å². The minimum Gasteiger partial charge on any atom is -0.460 e. The zero-order valence-corrected chi connectivity index (χ0v) is 17.2. The van der Waals surface area contributed by atoms with E-state index in [-0.39, 0.29) is 17.7 Å². The number of hydrogen-bond acceptors (Lipinski definition) is 5. The standard InChI is InChI=1S/C22H19FN4O2S/c1-14(2)29-22-25-20(19-11-6-12-30-19)27(26-22)16-8-5-7-15(13-16)24-21(28)17-9-3-4-10-18(17)23/h3-14H,1-2H3,(H,24,28). The number of thiophene rings is 1. The van der Waals surface area contributed by atoms with E-state index in [4.69, 9.17) is 4.74 Å². The van der Waals surface area contributed by atoms with Crippen LogP contribution in [0.4, 0.5) is 10.1 Å². The van der Waals surface area contributed by atoms with E-state index < -0.39 is 11.7 Å². The van der Waals surface area contributed by atoms with E-state index >= 15 is 0 Å². The van der Waals surface area contributed by atoms with Crippen molar-refractivity contribution in [2.45, 2.75) is 20.0 Å². The number of aromatic nitrogens is 3. The maximum absolute atomic E-state index is 13.9. The van der Waals surface area contributed by atoms with Gasteiger partial charge in [-0.2, -0.15) is 4.98 Å². The summed E-state index contributed by atoms with van der Waals surface area (Å²) >= 11 is 1.54. The molecule has 0 saturated carbocycles. The highest BCUT2D eigenvalue weighted by Gasteiger charge is 2.17. The minimum atomic E-state index is -0.571. The smallest absolute Gasteiger partial charge is 0.336 e. The van der Waals surface area contributed by atoms with Crippen LogP contribution in [0.25, 0.3) is 16.4 Å². The molecule has 1 N–H and O–H groups in total. The van der Waals surface area contributed by atoms with Gasteiger partial charge in [0.2, 0.25) is 0 Å². The molecule has 2 aromatic heterocycles. The van der Waals surface area contributed by atoms with Crippen molar-refractivity contribution in [1.29, 1.82) is 0 Å². The number of nitrogens with one attached hydrogen (secondary N) is 1. The quantitative estimate of drug-likeness (QED) is 0.465. The van der Waals surface area contributed by atoms with Crippen LogP contribution in [0.2, 0.25) is 0 Å². The Morgan fingerprint density at radius 2 is 1.97 bits per heavy atom. The number of rotatable bonds is 6. The van der Waals surface area contributed by atoms with Gasteiger partial charge in [0.15, 0.2) is 5.82 Å². The molecule has 6 nitrogen and oxygen atoms in total. The first-order chi connectivity index (χ1) is 14.5. The Bertz CT molecular complexity index is 1170. The average molecular weight is 422 g/mol. The minimum absolute atomic E-state index is 0.0180. The fourth-order valence-electron chi connectivity index (χ4n) is 2.86. The van der Waals surface area contributed by atoms with Gasteiger partial charge >= 0.3 is 6.01 Å². The topological polar surface area (TPSA) is 69.0 Å². The van der Waals surface area contributed by atoms with Gasteiger partial charge < -0.3 is 10.1 Å². The lowest BCUT2D eigenvalue weighted by Crippen LogP contribution is -2.14. The average Bonchev–Trinajstić information content (AvgIpc) is 3.38. The summed E-state index contributed by atoms with van der Waals surface area (Å²) in [6, 6.07) is 17.1. The Balaban J connectivity index is 1.67. The van der Waals surface area contributed by atoms with E-state index in [1.165, 1.54) is 12.1 Å². The summed E-state index contributed by atoms with van der Waals surface area (Å²) in [4.78, 5) is 17.9. The summed E-state index contributed by atoms with van der Waals surface area (Å²) in [6.07, 6.45) is -0.0663. The molecule has 0 spiro atoms. The van der Waals surface area contributed by atoms with Crippen LogP contribution in [0.1, 0.15) is 24.2 Å². The molecule has 8 heteroatoms. The van der Waals surface area contributed by atoms with Gasteiger partial charge in [0.05, 0.1) is 22.2 Å². The zero-order valence-electron chi connectivity index (χ0n) is 16.4. The van der Waals surface area contributed by atoms with Crippen molar-refractivity contribution >= 4 is 22.9 Å². The van der Waals surface area contributed by atoms with E-state index in [1.54, 1.807) is 46.4 Å². The highest BCUT2D eigenvalue weighted by Crippen LogP contribution is 2.28. The molecule has 0 atom stereocenters. The van der Waals surface area contributed by atoms with E-state index in [2.05, 4.69) is 15.4 Å². The van der Waals surface area contributed by atoms with E-state index in [0.717, 1.165) is 4.88 Å². The fraction of sp³-hybridized carbons (Fsp3) is 0.136. The van der Waals surface area contributed by atoms with Crippen LogP contribution in [0, 0.1) is 5.82 Å². The Morgan fingerprint density at radius 1 is 1.13 bits per heavy atom. The van der Waals surface area contributed by atoms with E-state index in [9.17, 15) is 9.18 Å². The molecular weight excluding hydrogens is 403 g/mol. The third-order valence-electron chi connectivity index (χ3n) is 4.14. The molecule has 2 heterocycles. The van der Waals surface area contributed by atoms with Crippen molar-refractivity contribution in [3.63, 3.8) is 0 Å². The molecule has 0 radical (unpaired) electrons. The first kappa shape index (κ1) is 19.8. The number of carbonyl (C=O) groups is 1. The molecule has 0 saturated heterocycles. The monoisotopic (exact) mass is 422 g/mol. The predicted octanol–water partition coefficient (Wildman–Crippen LogP) is 5.17. The molecule has 4 aromatic rings. The van der Waals surface area contributed by atoms with Gasteiger partial charge in [0.25, 0.3) is 5.91 Å². The third-order valence-corrected chi connectivity index (χ3v) is 5.00. The van der Waals surface area contributed by atoms with Crippen LogP contribution in [0.3, 0.4) is 0 Å². The van der Waals surface area contributed by atoms with Gasteiger partial charge in [0.1, 0.15) is 5.82 Å². The van der Waals surface area contributed by atoms with Crippen LogP contribution in [0.5, 0.6) is 6.01 Å². The summed E-state index contributed by atoms with van der Waals surface area (Å²) in [6.45, 7) is 3.81. The highest BCUT2D eigenvalue weighted by molar-refractivity contribution is 7.13. The third kappa shape index (κ3) is 4.23. The van der Waals surface area contributed by atoms with Crippen molar-refractivity contribution in [2.75, 3.05) is 5.32 Å². The van der Waals surface area contributed by atoms with Gasteiger partial charge in [-0.3, -0.25) is 4.79 Å². The molecule has 152 valence electrons. The molecule has 2 aromatic carbocycles. The largest absolute Gasteiger partial charge is 0.460 e. The maximum Gasteiger partial charge on any atom is 0.336 e. The number of halogens is 1. The summed E-state index contributed by atoms with van der Waals surface area (Å²) in [5.74, 6) is -0.456. The molecule has 4 rings (SSSR count). The maximum atomic E-state index is 13.9. The number of hydrogen-bond donors (Lipinski definition) is 1.